The third kappa shape index (κ3) is 4.45. The lowest BCUT2D eigenvalue weighted by Crippen LogP contribution is -2.18. The van der Waals surface area contributed by atoms with Crippen LogP contribution in [-0.4, -0.2) is 23.8 Å². The van der Waals surface area contributed by atoms with Crippen molar-refractivity contribution in [1.29, 1.82) is 0 Å². The third-order valence-corrected chi connectivity index (χ3v) is 2.31. The van der Waals surface area contributed by atoms with Crippen LogP contribution >= 0.6 is 0 Å². The predicted octanol–water partition coefficient (Wildman–Crippen LogP) is 2.39. The standard InChI is InChI=1S/C13H18O3/c1-2-3-9-12(14)10-16-13(15)11-7-5-4-6-8-11/h4-8,12,14H,2-3,9-10H2,1H3. The average Bonchev–Trinajstić information content (AvgIpc) is 2.34. The van der Waals surface area contributed by atoms with Gasteiger partial charge in [0.2, 0.25) is 0 Å². The van der Waals surface area contributed by atoms with Gasteiger partial charge in [0.1, 0.15) is 6.61 Å². The van der Waals surface area contributed by atoms with E-state index in [1.165, 1.54) is 0 Å². The Labute approximate surface area is 96.1 Å². The van der Waals surface area contributed by atoms with Crippen LogP contribution in [0.3, 0.4) is 0 Å². The summed E-state index contributed by atoms with van der Waals surface area (Å²) in [4.78, 5) is 11.5. The zero-order valence-corrected chi connectivity index (χ0v) is 9.56. The van der Waals surface area contributed by atoms with Crippen LogP contribution in [-0.2, 0) is 4.74 Å². The van der Waals surface area contributed by atoms with Crippen LogP contribution in [0.5, 0.6) is 0 Å². The van der Waals surface area contributed by atoms with Gasteiger partial charge in [-0.2, -0.15) is 0 Å². The summed E-state index contributed by atoms with van der Waals surface area (Å²) >= 11 is 0. The Morgan fingerprint density at radius 2 is 2.06 bits per heavy atom. The number of hydrogen-bond acceptors (Lipinski definition) is 3. The maximum Gasteiger partial charge on any atom is 0.338 e. The highest BCUT2D eigenvalue weighted by molar-refractivity contribution is 5.89. The molecule has 0 aliphatic heterocycles. The molecule has 0 aromatic heterocycles. The lowest BCUT2D eigenvalue weighted by atomic mass is 10.2. The normalized spacial score (nSPS) is 12.1. The molecule has 1 unspecified atom stereocenters. The first-order chi connectivity index (χ1) is 7.74. The van der Waals surface area contributed by atoms with Gasteiger partial charge in [-0.3, -0.25) is 0 Å². The van der Waals surface area contributed by atoms with Crippen LogP contribution in [0.2, 0.25) is 0 Å². The Balaban J connectivity index is 2.30. The predicted molar refractivity (Wildman–Crippen MR) is 62.3 cm³/mol. The topological polar surface area (TPSA) is 46.5 Å². The second-order valence-corrected chi connectivity index (χ2v) is 3.76. The van der Waals surface area contributed by atoms with Crippen LogP contribution in [0.4, 0.5) is 0 Å². The number of esters is 1. The second-order valence-electron chi connectivity index (χ2n) is 3.76. The number of aliphatic hydroxyl groups excluding tert-OH is 1. The van der Waals surface area contributed by atoms with Gasteiger partial charge in [0.05, 0.1) is 11.7 Å². The van der Waals surface area contributed by atoms with Crippen molar-refractivity contribution in [3.63, 3.8) is 0 Å². The lowest BCUT2D eigenvalue weighted by molar-refractivity contribution is 0.0234. The van der Waals surface area contributed by atoms with Crippen molar-refractivity contribution in [1.82, 2.24) is 0 Å². The summed E-state index contributed by atoms with van der Waals surface area (Å²) in [6, 6.07) is 8.79. The van der Waals surface area contributed by atoms with E-state index < -0.39 is 6.10 Å². The maximum atomic E-state index is 11.5. The van der Waals surface area contributed by atoms with Crippen molar-refractivity contribution in [3.05, 3.63) is 35.9 Å². The number of rotatable bonds is 6. The molecule has 0 aliphatic rings. The highest BCUT2D eigenvalue weighted by Crippen LogP contribution is 2.04. The molecular formula is C13H18O3. The van der Waals surface area contributed by atoms with E-state index in [4.69, 9.17) is 4.74 Å². The minimum Gasteiger partial charge on any atom is -0.459 e. The first-order valence-electron chi connectivity index (χ1n) is 5.64. The van der Waals surface area contributed by atoms with Gasteiger partial charge in [-0.15, -0.1) is 0 Å². The van der Waals surface area contributed by atoms with Gasteiger partial charge in [-0.05, 0) is 18.6 Å². The van der Waals surface area contributed by atoms with E-state index in [2.05, 4.69) is 6.92 Å². The van der Waals surface area contributed by atoms with Crippen LogP contribution in [0.15, 0.2) is 30.3 Å². The van der Waals surface area contributed by atoms with Crippen LogP contribution in [0.1, 0.15) is 36.5 Å². The van der Waals surface area contributed by atoms with E-state index in [1.54, 1.807) is 24.3 Å². The summed E-state index contributed by atoms with van der Waals surface area (Å²) < 4.78 is 5.00. The van der Waals surface area contributed by atoms with Gasteiger partial charge >= 0.3 is 5.97 Å². The Bertz CT molecular complexity index is 308. The molecule has 1 aromatic rings. The lowest BCUT2D eigenvalue weighted by Gasteiger charge is -2.10. The van der Waals surface area contributed by atoms with E-state index in [1.807, 2.05) is 6.07 Å². The number of aliphatic hydroxyl groups is 1. The zero-order chi connectivity index (χ0) is 11.8. The molecule has 1 aromatic carbocycles. The molecule has 0 saturated carbocycles. The molecule has 1 N–H and O–H groups in total. The van der Waals surface area contributed by atoms with E-state index in [-0.39, 0.29) is 12.6 Å². The minimum atomic E-state index is -0.549. The number of hydrogen-bond donors (Lipinski definition) is 1. The Morgan fingerprint density at radius 3 is 2.69 bits per heavy atom. The summed E-state index contributed by atoms with van der Waals surface area (Å²) in [5, 5.41) is 9.50. The summed E-state index contributed by atoms with van der Waals surface area (Å²) in [6.45, 7) is 2.14. The molecule has 0 amide bonds. The fraction of sp³-hybridized carbons (Fsp3) is 0.462. The molecule has 0 spiro atoms. The van der Waals surface area contributed by atoms with Crippen LogP contribution < -0.4 is 0 Å². The summed E-state index contributed by atoms with van der Waals surface area (Å²) in [5.41, 5.74) is 0.519. The molecule has 0 bridgehead atoms. The van der Waals surface area contributed by atoms with Gasteiger partial charge in [-0.1, -0.05) is 38.0 Å². The van der Waals surface area contributed by atoms with Gasteiger partial charge in [0.15, 0.2) is 0 Å². The Kier molecular flexibility index (Phi) is 5.57. The Hall–Kier alpha value is -1.35. The molecule has 3 heteroatoms. The molecule has 0 heterocycles. The number of benzene rings is 1. The van der Waals surface area contributed by atoms with Crippen molar-refractivity contribution in [2.45, 2.75) is 32.3 Å². The summed E-state index contributed by atoms with van der Waals surface area (Å²) in [6.07, 6.45) is 2.11. The Morgan fingerprint density at radius 1 is 1.38 bits per heavy atom. The summed E-state index contributed by atoms with van der Waals surface area (Å²) in [7, 11) is 0. The molecule has 1 atom stereocenters. The van der Waals surface area contributed by atoms with Crippen molar-refractivity contribution >= 4 is 5.97 Å². The van der Waals surface area contributed by atoms with Crippen molar-refractivity contribution in [3.8, 4) is 0 Å². The van der Waals surface area contributed by atoms with Gasteiger partial charge in [-0.25, -0.2) is 4.79 Å². The molecule has 1 rings (SSSR count). The van der Waals surface area contributed by atoms with Gasteiger partial charge < -0.3 is 9.84 Å². The molecule has 0 radical (unpaired) electrons. The highest BCUT2D eigenvalue weighted by atomic mass is 16.5. The minimum absolute atomic E-state index is 0.0771. The quantitative estimate of drug-likeness (QED) is 0.752. The third-order valence-electron chi connectivity index (χ3n) is 2.31. The monoisotopic (exact) mass is 222 g/mol. The second kappa shape index (κ2) is 7.01. The fourth-order valence-electron chi connectivity index (χ4n) is 1.35. The molecule has 0 aliphatic carbocycles. The molecule has 0 fully saturated rings. The molecule has 88 valence electrons. The first kappa shape index (κ1) is 12.7. The summed E-state index contributed by atoms with van der Waals surface area (Å²) in [5.74, 6) is -0.379. The smallest absolute Gasteiger partial charge is 0.338 e. The van der Waals surface area contributed by atoms with Gasteiger partial charge in [0, 0.05) is 0 Å². The van der Waals surface area contributed by atoms with Gasteiger partial charge in [0.25, 0.3) is 0 Å². The zero-order valence-electron chi connectivity index (χ0n) is 9.56. The van der Waals surface area contributed by atoms with Crippen molar-refractivity contribution in [2.24, 2.45) is 0 Å². The number of carbonyl (C=O) groups excluding carboxylic acids is 1. The maximum absolute atomic E-state index is 11.5. The number of ether oxygens (including phenoxy) is 1. The largest absolute Gasteiger partial charge is 0.459 e. The first-order valence-corrected chi connectivity index (χ1v) is 5.64. The van der Waals surface area contributed by atoms with Crippen LogP contribution in [0.25, 0.3) is 0 Å². The van der Waals surface area contributed by atoms with E-state index in [0.717, 1.165) is 12.8 Å². The SMILES string of the molecule is CCCCC(O)COC(=O)c1ccccc1. The molecule has 16 heavy (non-hydrogen) atoms. The number of unbranched alkanes of at least 4 members (excludes halogenated alkanes) is 1. The van der Waals surface area contributed by atoms with E-state index >= 15 is 0 Å². The van der Waals surface area contributed by atoms with Crippen molar-refractivity contribution in [2.75, 3.05) is 6.61 Å². The molecule has 0 saturated heterocycles. The highest BCUT2D eigenvalue weighted by Gasteiger charge is 2.09. The average molecular weight is 222 g/mol. The fourth-order valence-corrected chi connectivity index (χ4v) is 1.35. The molecular weight excluding hydrogens is 204 g/mol. The number of carbonyl (C=O) groups is 1. The van der Waals surface area contributed by atoms with Crippen molar-refractivity contribution < 1.29 is 14.6 Å². The van der Waals surface area contributed by atoms with E-state index in [9.17, 15) is 9.90 Å². The van der Waals surface area contributed by atoms with E-state index in [0.29, 0.717) is 12.0 Å². The molecule has 3 nitrogen and oxygen atoms in total. The van der Waals surface area contributed by atoms with Crippen LogP contribution in [0, 0.1) is 0 Å².